The number of hydrogen-bond donors (Lipinski definition) is 1. The summed E-state index contributed by atoms with van der Waals surface area (Å²) >= 11 is 0. The lowest BCUT2D eigenvalue weighted by atomic mass is 10.1. The van der Waals surface area contributed by atoms with Gasteiger partial charge in [-0.3, -0.25) is 0 Å². The Kier molecular flexibility index (Phi) is 4.16. The number of aryl methyl sites for hydroxylation is 1. The maximum atomic E-state index is 10.8. The van der Waals surface area contributed by atoms with E-state index in [-0.39, 0.29) is 0 Å². The monoisotopic (exact) mass is 208 g/mol. The fourth-order valence-corrected chi connectivity index (χ4v) is 1.34. The molecule has 0 aliphatic rings. The molecule has 0 unspecified atom stereocenters. The summed E-state index contributed by atoms with van der Waals surface area (Å²) in [5, 5.41) is 8.83. The minimum atomic E-state index is -0.897. The normalized spacial score (nSPS) is 10.0. The number of carboxylic acids is 1. The Hall–Kier alpha value is -1.51. The zero-order valence-electron chi connectivity index (χ0n) is 9.12. The van der Waals surface area contributed by atoms with Crippen molar-refractivity contribution < 1.29 is 14.6 Å². The molecule has 0 fully saturated rings. The van der Waals surface area contributed by atoms with E-state index < -0.39 is 5.97 Å². The molecule has 0 aliphatic carbocycles. The molecule has 0 bridgehead atoms. The molecule has 0 spiro atoms. The first-order valence-electron chi connectivity index (χ1n) is 5.18. The summed E-state index contributed by atoms with van der Waals surface area (Å²) in [6, 6.07) is 4.98. The second-order valence-corrected chi connectivity index (χ2v) is 3.33. The minimum absolute atomic E-state index is 0.315. The van der Waals surface area contributed by atoms with Crippen LogP contribution in [0.4, 0.5) is 0 Å². The highest BCUT2D eigenvalue weighted by molar-refractivity contribution is 5.88. The lowest BCUT2D eigenvalue weighted by molar-refractivity contribution is 0.0696. The van der Waals surface area contributed by atoms with Crippen molar-refractivity contribution in [1.82, 2.24) is 0 Å². The number of hydrogen-bond acceptors (Lipinski definition) is 2. The van der Waals surface area contributed by atoms with Gasteiger partial charge in [-0.1, -0.05) is 13.8 Å². The van der Waals surface area contributed by atoms with Gasteiger partial charge in [-0.05, 0) is 36.6 Å². The van der Waals surface area contributed by atoms with Gasteiger partial charge in [0.15, 0.2) is 0 Å². The number of ether oxygens (including phenoxy) is 1. The van der Waals surface area contributed by atoms with Crippen LogP contribution < -0.4 is 4.74 Å². The van der Waals surface area contributed by atoms with Crippen LogP contribution in [0.15, 0.2) is 18.2 Å². The fourth-order valence-electron chi connectivity index (χ4n) is 1.34. The Bertz CT molecular complexity index is 345. The van der Waals surface area contributed by atoms with Crippen LogP contribution in [0.1, 0.15) is 36.2 Å². The van der Waals surface area contributed by atoms with E-state index >= 15 is 0 Å². The second kappa shape index (κ2) is 5.39. The van der Waals surface area contributed by atoms with Crippen molar-refractivity contribution in [3.63, 3.8) is 0 Å². The smallest absolute Gasteiger partial charge is 0.335 e. The molecule has 1 rings (SSSR count). The zero-order chi connectivity index (χ0) is 11.3. The van der Waals surface area contributed by atoms with Gasteiger partial charge >= 0.3 is 5.97 Å². The van der Waals surface area contributed by atoms with E-state index in [1.54, 1.807) is 18.2 Å². The molecule has 1 N–H and O–H groups in total. The lowest BCUT2D eigenvalue weighted by Crippen LogP contribution is -2.02. The van der Waals surface area contributed by atoms with Crippen LogP contribution >= 0.6 is 0 Å². The first-order valence-corrected chi connectivity index (χ1v) is 5.18. The highest BCUT2D eigenvalue weighted by atomic mass is 16.5. The molecule has 0 amide bonds. The molecule has 0 aliphatic heterocycles. The number of aromatic carboxylic acids is 1. The molecule has 0 atom stereocenters. The number of carboxylic acid groups (broad SMARTS) is 1. The van der Waals surface area contributed by atoms with Crippen LogP contribution in [0.2, 0.25) is 0 Å². The minimum Gasteiger partial charge on any atom is -0.493 e. The summed E-state index contributed by atoms with van der Waals surface area (Å²) < 4.78 is 5.52. The Morgan fingerprint density at radius 3 is 2.67 bits per heavy atom. The standard InChI is InChI=1S/C12H16O3/c1-3-7-15-11-6-5-10(12(13)14)8-9(11)4-2/h5-6,8H,3-4,7H2,1-2H3,(H,13,14). The second-order valence-electron chi connectivity index (χ2n) is 3.33. The molecule has 3 heteroatoms. The molecule has 0 saturated heterocycles. The third-order valence-electron chi connectivity index (χ3n) is 2.15. The quantitative estimate of drug-likeness (QED) is 0.809. The van der Waals surface area contributed by atoms with Crippen molar-refractivity contribution in [3.05, 3.63) is 29.3 Å². The van der Waals surface area contributed by atoms with E-state index in [4.69, 9.17) is 9.84 Å². The average Bonchev–Trinajstić information content (AvgIpc) is 2.25. The van der Waals surface area contributed by atoms with Gasteiger partial charge in [-0.15, -0.1) is 0 Å². The predicted octanol–water partition coefficient (Wildman–Crippen LogP) is 2.74. The first-order chi connectivity index (χ1) is 7.19. The fraction of sp³-hybridized carbons (Fsp3) is 0.417. The van der Waals surface area contributed by atoms with Gasteiger partial charge in [0.1, 0.15) is 5.75 Å². The van der Waals surface area contributed by atoms with E-state index in [9.17, 15) is 4.79 Å². The van der Waals surface area contributed by atoms with E-state index in [1.807, 2.05) is 13.8 Å². The van der Waals surface area contributed by atoms with Crippen molar-refractivity contribution in [3.8, 4) is 5.75 Å². The molecule has 3 nitrogen and oxygen atoms in total. The van der Waals surface area contributed by atoms with Crippen LogP contribution in [0, 0.1) is 0 Å². The van der Waals surface area contributed by atoms with Crippen molar-refractivity contribution in [2.45, 2.75) is 26.7 Å². The SMILES string of the molecule is CCCOc1ccc(C(=O)O)cc1CC. The molecule has 1 aromatic carbocycles. The Morgan fingerprint density at radius 1 is 1.40 bits per heavy atom. The van der Waals surface area contributed by atoms with Gasteiger partial charge in [-0.25, -0.2) is 4.79 Å². The summed E-state index contributed by atoms with van der Waals surface area (Å²) in [6.07, 6.45) is 1.73. The summed E-state index contributed by atoms with van der Waals surface area (Å²) in [6.45, 7) is 4.69. The molecule has 15 heavy (non-hydrogen) atoms. The van der Waals surface area contributed by atoms with Gasteiger partial charge in [0.25, 0.3) is 0 Å². The van der Waals surface area contributed by atoms with Crippen LogP contribution in [0.3, 0.4) is 0 Å². The Labute approximate surface area is 89.7 Å². The van der Waals surface area contributed by atoms with Crippen molar-refractivity contribution >= 4 is 5.97 Å². The molecule has 82 valence electrons. The van der Waals surface area contributed by atoms with Crippen molar-refractivity contribution in [2.75, 3.05) is 6.61 Å². The third-order valence-corrected chi connectivity index (χ3v) is 2.15. The summed E-state index contributed by atoms with van der Waals surface area (Å²) in [4.78, 5) is 10.8. The molecule has 0 heterocycles. The molecule has 1 aromatic rings. The van der Waals surface area contributed by atoms with Gasteiger partial charge in [0, 0.05) is 0 Å². The number of carbonyl (C=O) groups is 1. The van der Waals surface area contributed by atoms with E-state index in [0.29, 0.717) is 12.2 Å². The van der Waals surface area contributed by atoms with E-state index in [0.717, 1.165) is 24.2 Å². The Morgan fingerprint density at radius 2 is 2.13 bits per heavy atom. The summed E-state index contributed by atoms with van der Waals surface area (Å²) in [5.41, 5.74) is 1.26. The first kappa shape index (κ1) is 11.6. The summed E-state index contributed by atoms with van der Waals surface area (Å²) in [7, 11) is 0. The van der Waals surface area contributed by atoms with Crippen molar-refractivity contribution in [2.24, 2.45) is 0 Å². The predicted molar refractivity (Wildman–Crippen MR) is 58.6 cm³/mol. The molecular formula is C12H16O3. The van der Waals surface area contributed by atoms with Gasteiger partial charge in [0.2, 0.25) is 0 Å². The van der Waals surface area contributed by atoms with E-state index in [1.165, 1.54) is 0 Å². The van der Waals surface area contributed by atoms with Gasteiger partial charge in [-0.2, -0.15) is 0 Å². The molecule has 0 radical (unpaired) electrons. The maximum Gasteiger partial charge on any atom is 0.335 e. The lowest BCUT2D eigenvalue weighted by Gasteiger charge is -2.10. The van der Waals surface area contributed by atoms with Crippen LogP contribution in [-0.4, -0.2) is 17.7 Å². The number of benzene rings is 1. The number of rotatable bonds is 5. The molecule has 0 aromatic heterocycles. The van der Waals surface area contributed by atoms with Crippen molar-refractivity contribution in [1.29, 1.82) is 0 Å². The maximum absolute atomic E-state index is 10.8. The zero-order valence-corrected chi connectivity index (χ0v) is 9.12. The highest BCUT2D eigenvalue weighted by Gasteiger charge is 2.07. The van der Waals surface area contributed by atoms with Gasteiger partial charge in [0.05, 0.1) is 12.2 Å². The average molecular weight is 208 g/mol. The van der Waals surface area contributed by atoms with Crippen LogP contribution in [0.25, 0.3) is 0 Å². The Balaban J connectivity index is 2.93. The van der Waals surface area contributed by atoms with Crippen LogP contribution in [-0.2, 0) is 6.42 Å². The van der Waals surface area contributed by atoms with Crippen LogP contribution in [0.5, 0.6) is 5.75 Å². The molecular weight excluding hydrogens is 192 g/mol. The van der Waals surface area contributed by atoms with E-state index in [2.05, 4.69) is 0 Å². The summed E-state index contributed by atoms with van der Waals surface area (Å²) in [5.74, 6) is -0.101. The highest BCUT2D eigenvalue weighted by Crippen LogP contribution is 2.21. The van der Waals surface area contributed by atoms with Gasteiger partial charge < -0.3 is 9.84 Å². The molecule has 0 saturated carbocycles. The largest absolute Gasteiger partial charge is 0.493 e. The third kappa shape index (κ3) is 2.98. The topological polar surface area (TPSA) is 46.5 Å².